The summed E-state index contributed by atoms with van der Waals surface area (Å²) >= 11 is 6.02. The van der Waals surface area contributed by atoms with Crippen LogP contribution in [0.3, 0.4) is 0 Å². The predicted octanol–water partition coefficient (Wildman–Crippen LogP) is 4.21. The lowest BCUT2D eigenvalue weighted by Gasteiger charge is -2.06. The zero-order valence-electron chi connectivity index (χ0n) is 13.0. The fraction of sp³-hybridized carbons (Fsp3) is 0.158. The van der Waals surface area contributed by atoms with Gasteiger partial charge in [-0.3, -0.25) is 4.79 Å². The minimum Gasteiger partial charge on any atom is -0.490 e. The van der Waals surface area contributed by atoms with Crippen molar-refractivity contribution in [2.24, 2.45) is 0 Å². The minimum absolute atomic E-state index is 0.0156. The van der Waals surface area contributed by atoms with Gasteiger partial charge in [0.2, 0.25) is 0 Å². The fourth-order valence-corrected chi connectivity index (χ4v) is 2.78. The molecular weight excluding hydrogens is 324 g/mol. The number of ether oxygens (including phenoxy) is 1. The molecule has 0 saturated heterocycles. The smallest absolute Gasteiger partial charge is 0.266 e. The van der Waals surface area contributed by atoms with E-state index in [1.165, 1.54) is 0 Å². The summed E-state index contributed by atoms with van der Waals surface area (Å²) in [6, 6.07) is 14.5. The average molecular weight is 339 g/mol. The fourth-order valence-electron chi connectivity index (χ4n) is 2.60. The maximum absolute atomic E-state index is 12.3. The van der Waals surface area contributed by atoms with Crippen LogP contribution in [0.15, 0.2) is 48.0 Å². The number of amides is 1. The molecule has 0 spiro atoms. The van der Waals surface area contributed by atoms with Crippen LogP contribution in [0.5, 0.6) is 5.75 Å². The van der Waals surface area contributed by atoms with E-state index in [0.717, 1.165) is 23.3 Å². The topological polar surface area (TPSA) is 62.1 Å². The van der Waals surface area contributed by atoms with Gasteiger partial charge in [-0.15, -0.1) is 0 Å². The number of fused-ring (bicyclic) bond motifs is 1. The molecular formula is C19H15ClN2O2. The van der Waals surface area contributed by atoms with Gasteiger partial charge in [-0.2, -0.15) is 5.26 Å². The zero-order valence-corrected chi connectivity index (χ0v) is 13.8. The number of nitrogens with zero attached hydrogens (tertiary/aromatic N) is 1. The quantitative estimate of drug-likeness (QED) is 0.673. The Morgan fingerprint density at radius 3 is 2.92 bits per heavy atom. The van der Waals surface area contributed by atoms with Crippen molar-refractivity contribution >= 4 is 29.3 Å². The van der Waals surface area contributed by atoms with Crippen molar-refractivity contribution in [3.63, 3.8) is 0 Å². The van der Waals surface area contributed by atoms with Gasteiger partial charge in [-0.1, -0.05) is 29.8 Å². The van der Waals surface area contributed by atoms with Crippen molar-refractivity contribution in [1.29, 1.82) is 5.26 Å². The third-order valence-electron chi connectivity index (χ3n) is 3.72. The van der Waals surface area contributed by atoms with Crippen LogP contribution in [0.2, 0.25) is 5.02 Å². The van der Waals surface area contributed by atoms with E-state index in [2.05, 4.69) is 5.32 Å². The number of benzene rings is 2. The summed E-state index contributed by atoms with van der Waals surface area (Å²) < 4.78 is 5.65. The molecule has 2 aromatic carbocycles. The van der Waals surface area contributed by atoms with Crippen molar-refractivity contribution in [3.05, 3.63) is 64.2 Å². The standard InChI is InChI=1S/C19H15ClN2O2/c1-12-8-14-9-13(6-7-18(14)24-12)10-15(11-21)19(23)22-17-5-3-2-4-16(17)20/h2-7,9-10,12H,8H2,1H3,(H,22,23)/b15-10+/t12-/m1/s1. The third kappa shape index (κ3) is 3.42. The maximum Gasteiger partial charge on any atom is 0.266 e. The van der Waals surface area contributed by atoms with Crippen molar-refractivity contribution in [2.75, 3.05) is 5.32 Å². The van der Waals surface area contributed by atoms with E-state index >= 15 is 0 Å². The Kier molecular flexibility index (Phi) is 4.54. The summed E-state index contributed by atoms with van der Waals surface area (Å²) in [5, 5.41) is 12.4. The van der Waals surface area contributed by atoms with Gasteiger partial charge < -0.3 is 10.1 Å². The van der Waals surface area contributed by atoms with E-state index in [1.54, 1.807) is 30.3 Å². The van der Waals surface area contributed by atoms with E-state index in [1.807, 2.05) is 31.2 Å². The number of carbonyl (C=O) groups is 1. The Labute approximate surface area is 145 Å². The molecule has 0 bridgehead atoms. The molecule has 1 aliphatic rings. The Morgan fingerprint density at radius 1 is 1.38 bits per heavy atom. The number of nitrogens with one attached hydrogen (secondary N) is 1. The lowest BCUT2D eigenvalue weighted by atomic mass is 10.0. The molecule has 0 aliphatic carbocycles. The van der Waals surface area contributed by atoms with Crippen LogP contribution in [0.25, 0.3) is 6.08 Å². The van der Waals surface area contributed by atoms with Crippen LogP contribution >= 0.6 is 11.6 Å². The molecule has 1 N–H and O–H groups in total. The molecule has 0 radical (unpaired) electrons. The number of carbonyl (C=O) groups excluding carboxylic acids is 1. The average Bonchev–Trinajstić information content (AvgIpc) is 2.94. The van der Waals surface area contributed by atoms with Crippen LogP contribution in [0.4, 0.5) is 5.69 Å². The molecule has 1 atom stereocenters. The summed E-state index contributed by atoms with van der Waals surface area (Å²) in [6.07, 6.45) is 2.54. The number of nitriles is 1. The molecule has 0 aromatic heterocycles. The number of anilines is 1. The molecule has 0 fully saturated rings. The maximum atomic E-state index is 12.3. The predicted molar refractivity (Wildman–Crippen MR) is 93.9 cm³/mol. The van der Waals surface area contributed by atoms with Gasteiger partial charge in [0, 0.05) is 6.42 Å². The normalized spacial score (nSPS) is 16.0. The third-order valence-corrected chi connectivity index (χ3v) is 4.05. The van der Waals surface area contributed by atoms with Crippen molar-refractivity contribution in [2.45, 2.75) is 19.4 Å². The Bertz CT molecular complexity index is 868. The van der Waals surface area contributed by atoms with Gasteiger partial charge in [0.1, 0.15) is 23.5 Å². The molecule has 4 nitrogen and oxygen atoms in total. The highest BCUT2D eigenvalue weighted by Crippen LogP contribution is 2.30. The van der Waals surface area contributed by atoms with Gasteiger partial charge >= 0.3 is 0 Å². The summed E-state index contributed by atoms with van der Waals surface area (Å²) in [5.74, 6) is 0.370. The van der Waals surface area contributed by atoms with Gasteiger partial charge in [0.25, 0.3) is 5.91 Å². The molecule has 1 heterocycles. The summed E-state index contributed by atoms with van der Waals surface area (Å²) in [7, 11) is 0. The lowest BCUT2D eigenvalue weighted by molar-refractivity contribution is -0.112. The van der Waals surface area contributed by atoms with E-state index in [9.17, 15) is 10.1 Å². The second-order valence-electron chi connectivity index (χ2n) is 5.60. The van der Waals surface area contributed by atoms with E-state index in [4.69, 9.17) is 16.3 Å². The second kappa shape index (κ2) is 6.77. The van der Waals surface area contributed by atoms with E-state index in [0.29, 0.717) is 10.7 Å². The first-order chi connectivity index (χ1) is 11.6. The molecule has 3 rings (SSSR count). The van der Waals surface area contributed by atoms with Crippen LogP contribution in [-0.4, -0.2) is 12.0 Å². The highest BCUT2D eigenvalue weighted by Gasteiger charge is 2.19. The minimum atomic E-state index is -0.490. The summed E-state index contributed by atoms with van der Waals surface area (Å²) in [6.45, 7) is 2.01. The molecule has 1 aliphatic heterocycles. The van der Waals surface area contributed by atoms with Crippen LogP contribution < -0.4 is 10.1 Å². The first-order valence-electron chi connectivity index (χ1n) is 7.54. The van der Waals surface area contributed by atoms with Crippen LogP contribution in [-0.2, 0) is 11.2 Å². The highest BCUT2D eigenvalue weighted by atomic mass is 35.5. The lowest BCUT2D eigenvalue weighted by Crippen LogP contribution is -2.13. The Morgan fingerprint density at radius 2 is 2.17 bits per heavy atom. The summed E-state index contributed by atoms with van der Waals surface area (Å²) in [4.78, 5) is 12.3. The van der Waals surface area contributed by atoms with Gasteiger partial charge in [-0.25, -0.2) is 0 Å². The molecule has 5 heteroatoms. The number of rotatable bonds is 3. The van der Waals surface area contributed by atoms with Gasteiger partial charge in [0.15, 0.2) is 0 Å². The monoisotopic (exact) mass is 338 g/mol. The number of halogens is 1. The van der Waals surface area contributed by atoms with E-state index in [-0.39, 0.29) is 11.7 Å². The molecule has 1 amide bonds. The van der Waals surface area contributed by atoms with E-state index < -0.39 is 5.91 Å². The Hall–Kier alpha value is -2.77. The van der Waals surface area contributed by atoms with Crippen LogP contribution in [0.1, 0.15) is 18.1 Å². The molecule has 0 saturated carbocycles. The van der Waals surface area contributed by atoms with Crippen molar-refractivity contribution < 1.29 is 9.53 Å². The number of para-hydroxylation sites is 1. The highest BCUT2D eigenvalue weighted by molar-refractivity contribution is 6.34. The molecule has 2 aromatic rings. The zero-order chi connectivity index (χ0) is 17.1. The second-order valence-corrected chi connectivity index (χ2v) is 6.01. The SMILES string of the molecule is C[C@@H]1Cc2cc(/C=C(\C#N)C(=O)Nc3ccccc3Cl)ccc2O1. The molecule has 0 unspecified atom stereocenters. The van der Waals surface area contributed by atoms with Gasteiger partial charge in [-0.05, 0) is 48.4 Å². The largest absolute Gasteiger partial charge is 0.490 e. The number of hydrogen-bond acceptors (Lipinski definition) is 3. The van der Waals surface area contributed by atoms with Crippen LogP contribution in [0, 0.1) is 11.3 Å². The van der Waals surface area contributed by atoms with Gasteiger partial charge in [0.05, 0.1) is 10.7 Å². The first-order valence-corrected chi connectivity index (χ1v) is 7.92. The number of hydrogen-bond donors (Lipinski definition) is 1. The molecule has 24 heavy (non-hydrogen) atoms. The summed E-state index contributed by atoms with van der Waals surface area (Å²) in [5.41, 5.74) is 2.36. The van der Waals surface area contributed by atoms with Crippen molar-refractivity contribution in [1.82, 2.24) is 0 Å². The first kappa shape index (κ1) is 16.1. The Balaban J connectivity index is 1.83. The van der Waals surface area contributed by atoms with Crippen molar-refractivity contribution in [3.8, 4) is 11.8 Å². The molecule has 120 valence electrons.